The van der Waals surface area contributed by atoms with E-state index >= 15 is 0 Å². The Balaban J connectivity index is 1.96. The second kappa shape index (κ2) is 5.68. The van der Waals surface area contributed by atoms with Gasteiger partial charge in [0.25, 0.3) is 0 Å². The molecule has 1 saturated heterocycles. The number of methoxy groups -OCH3 is 1. The van der Waals surface area contributed by atoms with Gasteiger partial charge in [0.1, 0.15) is 5.75 Å². The average Bonchev–Trinajstić information content (AvgIpc) is 2.53. The van der Waals surface area contributed by atoms with Gasteiger partial charge < -0.3 is 15.0 Å². The molecule has 1 fully saturated rings. The molecule has 4 nitrogen and oxygen atoms in total. The van der Waals surface area contributed by atoms with Gasteiger partial charge in [-0.15, -0.1) is 0 Å². The molecule has 0 aliphatic carbocycles. The lowest BCUT2D eigenvalue weighted by Gasteiger charge is -2.40. The van der Waals surface area contributed by atoms with E-state index in [4.69, 9.17) is 4.74 Å². The van der Waals surface area contributed by atoms with E-state index in [9.17, 15) is 4.79 Å². The summed E-state index contributed by atoms with van der Waals surface area (Å²) in [6.07, 6.45) is 5.21. The first kappa shape index (κ1) is 14.4. The SMILES string of the molecule is COc1cccc2c1N(C(=O)C1(C)CCCCN1)CCC2. The Kier molecular flexibility index (Phi) is 3.89. The minimum Gasteiger partial charge on any atom is -0.495 e. The number of para-hydroxylation sites is 1. The van der Waals surface area contributed by atoms with Crippen molar-refractivity contribution in [2.75, 3.05) is 25.1 Å². The lowest BCUT2D eigenvalue weighted by molar-refractivity contribution is -0.125. The smallest absolute Gasteiger partial charge is 0.247 e. The highest BCUT2D eigenvalue weighted by Crippen LogP contribution is 2.38. The number of piperidine rings is 1. The van der Waals surface area contributed by atoms with Crippen molar-refractivity contribution in [2.45, 2.75) is 44.6 Å². The zero-order valence-electron chi connectivity index (χ0n) is 12.9. The summed E-state index contributed by atoms with van der Waals surface area (Å²) >= 11 is 0. The lowest BCUT2D eigenvalue weighted by atomic mass is 9.88. The fourth-order valence-electron chi connectivity index (χ4n) is 3.52. The highest BCUT2D eigenvalue weighted by molar-refractivity contribution is 6.02. The van der Waals surface area contributed by atoms with Crippen LogP contribution in [0.15, 0.2) is 18.2 Å². The summed E-state index contributed by atoms with van der Waals surface area (Å²) in [5, 5.41) is 3.43. The van der Waals surface area contributed by atoms with Gasteiger partial charge in [-0.2, -0.15) is 0 Å². The minimum atomic E-state index is -0.437. The number of benzene rings is 1. The van der Waals surface area contributed by atoms with Crippen LogP contribution in [0.3, 0.4) is 0 Å². The molecule has 3 rings (SSSR count). The third-order valence-corrected chi connectivity index (χ3v) is 4.74. The van der Waals surface area contributed by atoms with Gasteiger partial charge in [0.15, 0.2) is 0 Å². The molecule has 1 aromatic rings. The molecule has 2 aliphatic rings. The Morgan fingerprint density at radius 2 is 2.19 bits per heavy atom. The third-order valence-electron chi connectivity index (χ3n) is 4.74. The normalized spacial score (nSPS) is 25.3. The molecular formula is C17H24N2O2. The summed E-state index contributed by atoms with van der Waals surface area (Å²) in [6, 6.07) is 6.06. The number of nitrogens with zero attached hydrogens (tertiary/aromatic N) is 1. The van der Waals surface area contributed by atoms with E-state index in [-0.39, 0.29) is 5.91 Å². The van der Waals surface area contributed by atoms with Gasteiger partial charge in [0.2, 0.25) is 5.91 Å². The molecule has 4 heteroatoms. The van der Waals surface area contributed by atoms with Gasteiger partial charge >= 0.3 is 0 Å². The van der Waals surface area contributed by atoms with Gasteiger partial charge in [0.05, 0.1) is 18.3 Å². The summed E-state index contributed by atoms with van der Waals surface area (Å²) < 4.78 is 5.50. The number of fused-ring (bicyclic) bond motifs is 1. The first-order valence-electron chi connectivity index (χ1n) is 7.88. The van der Waals surface area contributed by atoms with Crippen LogP contribution in [0.2, 0.25) is 0 Å². The van der Waals surface area contributed by atoms with Crippen molar-refractivity contribution in [3.05, 3.63) is 23.8 Å². The van der Waals surface area contributed by atoms with Crippen molar-refractivity contribution >= 4 is 11.6 Å². The summed E-state index contributed by atoms with van der Waals surface area (Å²) in [5.74, 6) is 0.993. The number of carbonyl (C=O) groups is 1. The van der Waals surface area contributed by atoms with Crippen LogP contribution in [0.25, 0.3) is 0 Å². The first-order valence-corrected chi connectivity index (χ1v) is 7.88. The van der Waals surface area contributed by atoms with E-state index in [1.807, 2.05) is 24.0 Å². The molecule has 114 valence electrons. The van der Waals surface area contributed by atoms with Crippen molar-refractivity contribution in [3.63, 3.8) is 0 Å². The highest BCUT2D eigenvalue weighted by Gasteiger charge is 2.40. The molecule has 1 aromatic carbocycles. The van der Waals surface area contributed by atoms with Crippen LogP contribution in [-0.2, 0) is 11.2 Å². The summed E-state index contributed by atoms with van der Waals surface area (Å²) in [7, 11) is 1.67. The Labute approximate surface area is 126 Å². The number of amides is 1. The number of aryl methyl sites for hydroxylation is 1. The molecule has 0 spiro atoms. The van der Waals surface area contributed by atoms with Crippen molar-refractivity contribution in [2.24, 2.45) is 0 Å². The standard InChI is InChI=1S/C17H24N2O2/c1-17(10-3-4-11-18-17)16(20)19-12-6-8-13-7-5-9-14(21-2)15(13)19/h5,7,9,18H,3-4,6,8,10-12H2,1-2H3. The number of rotatable bonds is 2. The summed E-state index contributed by atoms with van der Waals surface area (Å²) in [5.41, 5.74) is 1.76. The topological polar surface area (TPSA) is 41.6 Å². The molecule has 21 heavy (non-hydrogen) atoms. The van der Waals surface area contributed by atoms with Crippen molar-refractivity contribution in [3.8, 4) is 5.75 Å². The van der Waals surface area contributed by atoms with Crippen LogP contribution >= 0.6 is 0 Å². The predicted octanol–water partition coefficient (Wildman–Crippen LogP) is 2.51. The quantitative estimate of drug-likeness (QED) is 0.909. The maximum atomic E-state index is 13.1. The number of carbonyl (C=O) groups excluding carboxylic acids is 1. The Morgan fingerprint density at radius 1 is 1.33 bits per heavy atom. The fourth-order valence-corrected chi connectivity index (χ4v) is 3.52. The zero-order valence-corrected chi connectivity index (χ0v) is 12.9. The Hall–Kier alpha value is -1.55. The van der Waals surface area contributed by atoms with E-state index in [0.717, 1.165) is 56.6 Å². The number of nitrogens with one attached hydrogen (secondary N) is 1. The van der Waals surface area contributed by atoms with Crippen LogP contribution in [-0.4, -0.2) is 31.6 Å². The molecule has 1 unspecified atom stereocenters. The molecule has 1 atom stereocenters. The maximum absolute atomic E-state index is 13.1. The monoisotopic (exact) mass is 288 g/mol. The van der Waals surface area contributed by atoms with Crippen molar-refractivity contribution < 1.29 is 9.53 Å². The van der Waals surface area contributed by atoms with Crippen molar-refractivity contribution in [1.82, 2.24) is 5.32 Å². The van der Waals surface area contributed by atoms with E-state index in [1.165, 1.54) is 5.56 Å². The van der Waals surface area contributed by atoms with E-state index in [0.29, 0.717) is 0 Å². The summed E-state index contributed by atoms with van der Waals surface area (Å²) in [6.45, 7) is 3.75. The first-order chi connectivity index (χ1) is 10.2. The van der Waals surface area contributed by atoms with E-state index in [2.05, 4.69) is 11.4 Å². The van der Waals surface area contributed by atoms with Crippen LogP contribution in [0.1, 0.15) is 38.2 Å². The van der Waals surface area contributed by atoms with Gasteiger partial charge in [0, 0.05) is 6.54 Å². The number of anilines is 1. The van der Waals surface area contributed by atoms with Crippen LogP contribution < -0.4 is 15.0 Å². The number of ether oxygens (including phenoxy) is 1. The molecular weight excluding hydrogens is 264 g/mol. The second-order valence-corrected chi connectivity index (χ2v) is 6.24. The molecule has 0 aromatic heterocycles. The Bertz CT molecular complexity index is 521. The summed E-state index contributed by atoms with van der Waals surface area (Å²) in [4.78, 5) is 15.1. The largest absolute Gasteiger partial charge is 0.495 e. The highest BCUT2D eigenvalue weighted by atomic mass is 16.5. The number of hydrogen-bond acceptors (Lipinski definition) is 3. The van der Waals surface area contributed by atoms with Crippen LogP contribution in [0.4, 0.5) is 5.69 Å². The number of hydrogen-bond donors (Lipinski definition) is 1. The van der Waals surface area contributed by atoms with E-state index < -0.39 is 5.54 Å². The Morgan fingerprint density at radius 3 is 2.90 bits per heavy atom. The third kappa shape index (κ3) is 2.53. The molecule has 0 bridgehead atoms. The zero-order chi connectivity index (χ0) is 14.9. The van der Waals surface area contributed by atoms with Gasteiger partial charge in [-0.3, -0.25) is 4.79 Å². The molecule has 1 N–H and O–H groups in total. The molecule has 2 aliphatic heterocycles. The van der Waals surface area contributed by atoms with Gasteiger partial charge in [-0.1, -0.05) is 12.1 Å². The van der Waals surface area contributed by atoms with Crippen molar-refractivity contribution in [1.29, 1.82) is 0 Å². The van der Waals surface area contributed by atoms with Gasteiger partial charge in [-0.25, -0.2) is 0 Å². The average molecular weight is 288 g/mol. The predicted molar refractivity (Wildman–Crippen MR) is 83.9 cm³/mol. The van der Waals surface area contributed by atoms with Crippen LogP contribution in [0.5, 0.6) is 5.75 Å². The molecule has 1 amide bonds. The van der Waals surface area contributed by atoms with Gasteiger partial charge in [-0.05, 0) is 57.2 Å². The maximum Gasteiger partial charge on any atom is 0.247 e. The molecule has 0 saturated carbocycles. The van der Waals surface area contributed by atoms with Crippen LogP contribution in [0, 0.1) is 0 Å². The molecule has 2 heterocycles. The minimum absolute atomic E-state index is 0.188. The van der Waals surface area contributed by atoms with E-state index in [1.54, 1.807) is 7.11 Å². The second-order valence-electron chi connectivity index (χ2n) is 6.24. The molecule has 0 radical (unpaired) electrons. The fraction of sp³-hybridized carbons (Fsp3) is 0.588. The lowest BCUT2D eigenvalue weighted by Crippen LogP contribution is -2.59.